The zero-order valence-corrected chi connectivity index (χ0v) is 20.2. The van der Waals surface area contributed by atoms with Crippen LogP contribution in [-0.2, 0) is 4.79 Å². The fourth-order valence-corrected chi connectivity index (χ4v) is 6.57. The first-order chi connectivity index (χ1) is 16.7. The van der Waals surface area contributed by atoms with E-state index in [2.05, 4.69) is 76.3 Å². The lowest BCUT2D eigenvalue weighted by molar-refractivity contribution is -0.122. The van der Waals surface area contributed by atoms with Crippen molar-refractivity contribution in [1.82, 2.24) is 19.8 Å². The third kappa shape index (κ3) is 4.38. The zero-order chi connectivity index (χ0) is 23.1. The number of amides is 1. The van der Waals surface area contributed by atoms with Gasteiger partial charge in [0.1, 0.15) is 5.82 Å². The van der Waals surface area contributed by atoms with Crippen LogP contribution in [0.4, 0.5) is 0 Å². The lowest BCUT2D eigenvalue weighted by Gasteiger charge is -2.40. The van der Waals surface area contributed by atoms with Crippen molar-refractivity contribution in [3.05, 3.63) is 66.0 Å². The molecule has 6 rings (SSSR count). The predicted octanol–water partition coefficient (Wildman–Crippen LogP) is 5.56. The van der Waals surface area contributed by atoms with E-state index in [1.807, 2.05) is 0 Å². The minimum atomic E-state index is 0.101. The quantitative estimate of drug-likeness (QED) is 0.483. The van der Waals surface area contributed by atoms with Crippen molar-refractivity contribution < 1.29 is 4.79 Å². The van der Waals surface area contributed by atoms with Crippen LogP contribution >= 0.6 is 0 Å². The van der Waals surface area contributed by atoms with E-state index < -0.39 is 0 Å². The van der Waals surface area contributed by atoms with Gasteiger partial charge in [-0.05, 0) is 75.5 Å². The predicted molar refractivity (Wildman–Crippen MR) is 136 cm³/mol. The Morgan fingerprint density at radius 1 is 0.971 bits per heavy atom. The maximum absolute atomic E-state index is 12.6. The van der Waals surface area contributed by atoms with Crippen LogP contribution in [-0.4, -0.2) is 39.0 Å². The largest absolute Gasteiger partial charge is 0.349 e. The van der Waals surface area contributed by atoms with Crippen LogP contribution in [0.3, 0.4) is 0 Å². The molecule has 2 aromatic carbocycles. The average molecular weight is 457 g/mol. The summed E-state index contributed by atoms with van der Waals surface area (Å²) in [5.41, 5.74) is 3.62. The summed E-state index contributed by atoms with van der Waals surface area (Å²) in [4.78, 5) is 20.2. The topological polar surface area (TPSA) is 50.2 Å². The fourth-order valence-electron chi connectivity index (χ4n) is 6.57. The lowest BCUT2D eigenvalue weighted by Crippen LogP contribution is -2.45. The van der Waals surface area contributed by atoms with Gasteiger partial charge in [-0.25, -0.2) is 4.98 Å². The van der Waals surface area contributed by atoms with Crippen molar-refractivity contribution >= 4 is 16.9 Å². The Hall–Kier alpha value is -2.66. The monoisotopic (exact) mass is 456 g/mol. The van der Waals surface area contributed by atoms with E-state index >= 15 is 0 Å². The smallest absolute Gasteiger partial charge is 0.220 e. The molecule has 3 aromatic rings. The maximum atomic E-state index is 12.6. The highest BCUT2D eigenvalue weighted by Crippen LogP contribution is 2.42. The fraction of sp³-hybridized carbons (Fsp3) is 0.517. The normalized spacial score (nSPS) is 25.5. The Morgan fingerprint density at radius 2 is 1.68 bits per heavy atom. The van der Waals surface area contributed by atoms with E-state index in [-0.39, 0.29) is 11.9 Å². The number of imidazole rings is 1. The molecule has 3 aliphatic rings. The van der Waals surface area contributed by atoms with Gasteiger partial charge in [-0.1, -0.05) is 42.5 Å². The van der Waals surface area contributed by atoms with Crippen molar-refractivity contribution in [2.24, 2.45) is 5.92 Å². The molecule has 5 heteroatoms. The van der Waals surface area contributed by atoms with Crippen LogP contribution < -0.4 is 5.32 Å². The van der Waals surface area contributed by atoms with Crippen LogP contribution in [0.1, 0.15) is 74.8 Å². The molecule has 0 spiro atoms. The van der Waals surface area contributed by atoms with E-state index in [0.717, 1.165) is 24.3 Å². The second-order valence-electron chi connectivity index (χ2n) is 10.7. The number of para-hydroxylation sites is 2. The summed E-state index contributed by atoms with van der Waals surface area (Å²) in [6.07, 6.45) is 9.07. The molecule has 1 N–H and O–H groups in total. The highest BCUT2D eigenvalue weighted by atomic mass is 16.1. The minimum absolute atomic E-state index is 0.101. The van der Waals surface area contributed by atoms with Gasteiger partial charge in [0.2, 0.25) is 5.91 Å². The highest BCUT2D eigenvalue weighted by molar-refractivity contribution is 5.77. The summed E-state index contributed by atoms with van der Waals surface area (Å²) in [7, 11) is 0. The Bertz CT molecular complexity index is 1140. The van der Waals surface area contributed by atoms with E-state index in [1.165, 1.54) is 49.6 Å². The minimum Gasteiger partial charge on any atom is -0.349 e. The third-order valence-corrected chi connectivity index (χ3v) is 8.38. The number of piperidine rings is 1. The molecule has 0 radical (unpaired) electrons. The van der Waals surface area contributed by atoms with Crippen molar-refractivity contribution in [2.45, 2.75) is 82.5 Å². The van der Waals surface area contributed by atoms with Crippen molar-refractivity contribution in [3.8, 4) is 0 Å². The number of hydrogen-bond acceptors (Lipinski definition) is 3. The molecular formula is C29H36N4O. The number of rotatable bonds is 8. The van der Waals surface area contributed by atoms with Crippen LogP contribution in [0.25, 0.3) is 11.0 Å². The van der Waals surface area contributed by atoms with E-state index in [4.69, 9.17) is 4.98 Å². The molecular weight excluding hydrogens is 420 g/mol. The Labute approximate surface area is 202 Å². The number of aromatic nitrogens is 2. The molecule has 178 valence electrons. The van der Waals surface area contributed by atoms with Gasteiger partial charge in [0.15, 0.2) is 0 Å². The second kappa shape index (κ2) is 9.18. The molecule has 3 heterocycles. The molecule has 2 unspecified atom stereocenters. The molecule has 5 nitrogen and oxygen atoms in total. The molecule has 3 fully saturated rings. The number of fused-ring (bicyclic) bond motifs is 3. The van der Waals surface area contributed by atoms with E-state index in [9.17, 15) is 4.79 Å². The van der Waals surface area contributed by atoms with Gasteiger partial charge in [0, 0.05) is 31.1 Å². The third-order valence-electron chi connectivity index (χ3n) is 8.38. The molecule has 1 amide bonds. The molecule has 34 heavy (non-hydrogen) atoms. The van der Waals surface area contributed by atoms with E-state index in [1.54, 1.807) is 0 Å². The number of carbonyl (C=O) groups excluding carboxylic acids is 1. The molecule has 1 aliphatic carbocycles. The SMILES string of the molecule is Cc1nc2ccccc2n1C1CC2CCC(C1)N2CC[C@H](NC(=O)CC1CC1)c1ccccc1. The number of carbonyl (C=O) groups is 1. The summed E-state index contributed by atoms with van der Waals surface area (Å²) >= 11 is 0. The van der Waals surface area contributed by atoms with Crippen LogP contribution in [0.15, 0.2) is 54.6 Å². The van der Waals surface area contributed by atoms with Gasteiger partial charge < -0.3 is 9.88 Å². The molecule has 2 aliphatic heterocycles. The summed E-state index contributed by atoms with van der Waals surface area (Å²) in [5, 5.41) is 3.38. The number of hydrogen-bond donors (Lipinski definition) is 1. The standard InChI is InChI=1S/C29H36N4O/c1-20-30-27-9-5-6-10-28(27)33(20)25-18-23-13-14-24(19-25)32(23)16-15-26(22-7-3-2-4-8-22)31-29(34)17-21-11-12-21/h2-10,21,23-26H,11-19H2,1H3,(H,31,34)/t23?,24?,25?,26-/m0/s1. The van der Waals surface area contributed by atoms with Gasteiger partial charge in [-0.2, -0.15) is 0 Å². The van der Waals surface area contributed by atoms with Crippen LogP contribution in [0, 0.1) is 12.8 Å². The van der Waals surface area contributed by atoms with Gasteiger partial charge in [-0.15, -0.1) is 0 Å². The number of nitrogens with one attached hydrogen (secondary N) is 1. The molecule has 2 bridgehead atoms. The summed E-state index contributed by atoms with van der Waals surface area (Å²) in [5.74, 6) is 1.98. The summed E-state index contributed by atoms with van der Waals surface area (Å²) < 4.78 is 2.50. The zero-order valence-electron chi connectivity index (χ0n) is 20.2. The van der Waals surface area contributed by atoms with Gasteiger partial charge >= 0.3 is 0 Å². The Kier molecular flexibility index (Phi) is 5.90. The lowest BCUT2D eigenvalue weighted by atomic mass is 9.95. The molecule has 3 atom stereocenters. The number of benzene rings is 2. The number of nitrogens with zero attached hydrogens (tertiary/aromatic N) is 3. The Morgan fingerprint density at radius 3 is 2.41 bits per heavy atom. The summed E-state index contributed by atoms with van der Waals surface area (Å²) in [6.45, 7) is 3.21. The first-order valence-electron chi connectivity index (χ1n) is 13.2. The van der Waals surface area contributed by atoms with Crippen LogP contribution in [0.5, 0.6) is 0 Å². The van der Waals surface area contributed by atoms with Gasteiger partial charge in [0.05, 0.1) is 17.1 Å². The van der Waals surface area contributed by atoms with Crippen molar-refractivity contribution in [2.75, 3.05) is 6.54 Å². The Balaban J connectivity index is 1.14. The summed E-state index contributed by atoms with van der Waals surface area (Å²) in [6, 6.07) is 21.0. The average Bonchev–Trinajstić information content (AvgIpc) is 3.54. The molecule has 2 saturated heterocycles. The van der Waals surface area contributed by atoms with E-state index in [0.29, 0.717) is 30.5 Å². The van der Waals surface area contributed by atoms with Crippen molar-refractivity contribution in [3.63, 3.8) is 0 Å². The highest BCUT2D eigenvalue weighted by Gasteiger charge is 2.41. The first kappa shape index (κ1) is 21.8. The van der Waals surface area contributed by atoms with Gasteiger partial charge in [0.25, 0.3) is 0 Å². The number of aryl methyl sites for hydroxylation is 1. The van der Waals surface area contributed by atoms with Gasteiger partial charge in [-0.3, -0.25) is 9.69 Å². The van der Waals surface area contributed by atoms with Crippen molar-refractivity contribution in [1.29, 1.82) is 0 Å². The maximum Gasteiger partial charge on any atom is 0.220 e. The molecule has 1 saturated carbocycles. The first-order valence-corrected chi connectivity index (χ1v) is 13.2. The second-order valence-corrected chi connectivity index (χ2v) is 10.7. The molecule has 1 aromatic heterocycles. The van der Waals surface area contributed by atoms with Crippen LogP contribution in [0.2, 0.25) is 0 Å².